The standard InChI is InChI=1S/C21H25N3O2.C2H2O4/c1-2-14-25-20(3-1)26-19-10-6-17(7-11-19)15-16-4-8-18(9-5-16)24-21-22-12-13-23-21;3-1(4)2(5)6/h4-11,20H,1-3,12-15H2,(H2,22,23,24);(H,3,4)(H,5,6). The van der Waals surface area contributed by atoms with Gasteiger partial charge in [0.2, 0.25) is 0 Å². The van der Waals surface area contributed by atoms with Crippen LogP contribution in [0.15, 0.2) is 53.5 Å². The van der Waals surface area contributed by atoms with Gasteiger partial charge < -0.3 is 30.3 Å². The number of nitrogens with zero attached hydrogens (tertiary/aromatic N) is 1. The number of aliphatic carboxylic acids is 2. The third-order valence-electron chi connectivity index (χ3n) is 4.81. The predicted octanol–water partition coefficient (Wildman–Crippen LogP) is 2.71. The van der Waals surface area contributed by atoms with E-state index in [9.17, 15) is 0 Å². The van der Waals surface area contributed by atoms with Crippen LogP contribution in [-0.2, 0) is 20.7 Å². The van der Waals surface area contributed by atoms with E-state index in [1.807, 2.05) is 12.1 Å². The fraction of sp³-hybridized carbons (Fsp3) is 0.348. The number of benzene rings is 2. The molecule has 2 aliphatic heterocycles. The van der Waals surface area contributed by atoms with E-state index in [4.69, 9.17) is 29.3 Å². The van der Waals surface area contributed by atoms with Gasteiger partial charge in [0.1, 0.15) is 5.75 Å². The number of carboxylic acids is 2. The lowest BCUT2D eigenvalue weighted by molar-refractivity contribution is -0.159. The van der Waals surface area contributed by atoms with Gasteiger partial charge in [-0.15, -0.1) is 0 Å². The molecule has 9 heteroatoms. The van der Waals surface area contributed by atoms with Gasteiger partial charge in [0.15, 0.2) is 12.2 Å². The molecule has 170 valence electrons. The minimum atomic E-state index is -1.82. The monoisotopic (exact) mass is 441 g/mol. The van der Waals surface area contributed by atoms with E-state index in [-0.39, 0.29) is 6.29 Å². The number of nitrogens with one attached hydrogen (secondary N) is 2. The number of hydrogen-bond acceptors (Lipinski definition) is 7. The molecule has 0 amide bonds. The Morgan fingerprint density at radius 2 is 1.69 bits per heavy atom. The highest BCUT2D eigenvalue weighted by Crippen LogP contribution is 2.21. The number of carbonyl (C=O) groups is 2. The molecule has 32 heavy (non-hydrogen) atoms. The van der Waals surface area contributed by atoms with Gasteiger partial charge in [0.05, 0.1) is 13.2 Å². The summed E-state index contributed by atoms with van der Waals surface area (Å²) in [6, 6.07) is 16.8. The minimum absolute atomic E-state index is 0.0893. The molecule has 0 aliphatic carbocycles. The highest BCUT2D eigenvalue weighted by molar-refractivity contribution is 6.27. The molecule has 2 heterocycles. The highest BCUT2D eigenvalue weighted by Gasteiger charge is 2.15. The second-order valence-corrected chi connectivity index (χ2v) is 7.32. The Balaban J connectivity index is 0.000000427. The number of ether oxygens (including phenoxy) is 2. The van der Waals surface area contributed by atoms with Crippen molar-refractivity contribution in [1.82, 2.24) is 5.32 Å². The van der Waals surface area contributed by atoms with Crippen LogP contribution in [0.25, 0.3) is 0 Å². The second kappa shape index (κ2) is 11.7. The number of carboxylic acid groups (broad SMARTS) is 2. The molecule has 1 fully saturated rings. The van der Waals surface area contributed by atoms with E-state index in [2.05, 4.69) is 52.0 Å². The Kier molecular flexibility index (Phi) is 8.44. The molecule has 1 atom stereocenters. The molecule has 0 aromatic heterocycles. The molecule has 0 saturated carbocycles. The summed E-state index contributed by atoms with van der Waals surface area (Å²) in [5, 5.41) is 21.3. The van der Waals surface area contributed by atoms with Gasteiger partial charge in [-0.05, 0) is 54.7 Å². The summed E-state index contributed by atoms with van der Waals surface area (Å²) in [5.41, 5.74) is 3.60. The lowest BCUT2D eigenvalue weighted by atomic mass is 10.0. The fourth-order valence-corrected chi connectivity index (χ4v) is 3.20. The Hall–Kier alpha value is -3.59. The fourth-order valence-electron chi connectivity index (χ4n) is 3.20. The molecule has 0 radical (unpaired) electrons. The first-order chi connectivity index (χ1) is 15.5. The summed E-state index contributed by atoms with van der Waals surface area (Å²) in [4.78, 5) is 22.5. The number of guanidine groups is 1. The van der Waals surface area contributed by atoms with Crippen molar-refractivity contribution in [3.8, 4) is 5.75 Å². The van der Waals surface area contributed by atoms with Gasteiger partial charge in [0, 0.05) is 18.7 Å². The number of aliphatic imine (C=N–C) groups is 1. The van der Waals surface area contributed by atoms with Crippen molar-refractivity contribution in [2.24, 2.45) is 4.99 Å². The van der Waals surface area contributed by atoms with Crippen molar-refractivity contribution < 1.29 is 29.3 Å². The van der Waals surface area contributed by atoms with Gasteiger partial charge in [-0.2, -0.15) is 0 Å². The summed E-state index contributed by atoms with van der Waals surface area (Å²) >= 11 is 0. The lowest BCUT2D eigenvalue weighted by Crippen LogP contribution is -2.26. The summed E-state index contributed by atoms with van der Waals surface area (Å²) in [7, 11) is 0. The molecular formula is C23H27N3O6. The molecule has 2 aliphatic rings. The second-order valence-electron chi connectivity index (χ2n) is 7.32. The van der Waals surface area contributed by atoms with Crippen LogP contribution in [0.4, 0.5) is 5.69 Å². The van der Waals surface area contributed by atoms with E-state index in [0.717, 1.165) is 56.4 Å². The van der Waals surface area contributed by atoms with Crippen molar-refractivity contribution in [2.75, 3.05) is 25.0 Å². The maximum Gasteiger partial charge on any atom is 0.414 e. The van der Waals surface area contributed by atoms with E-state index in [1.54, 1.807) is 0 Å². The predicted molar refractivity (Wildman–Crippen MR) is 119 cm³/mol. The first-order valence-electron chi connectivity index (χ1n) is 10.5. The average molecular weight is 441 g/mol. The van der Waals surface area contributed by atoms with E-state index >= 15 is 0 Å². The summed E-state index contributed by atoms with van der Waals surface area (Å²) in [6.45, 7) is 2.55. The van der Waals surface area contributed by atoms with Gasteiger partial charge in [0.25, 0.3) is 0 Å². The summed E-state index contributed by atoms with van der Waals surface area (Å²) < 4.78 is 11.5. The lowest BCUT2D eigenvalue weighted by Gasteiger charge is -2.23. The van der Waals surface area contributed by atoms with Crippen molar-refractivity contribution in [3.05, 3.63) is 59.7 Å². The van der Waals surface area contributed by atoms with Crippen LogP contribution in [0.5, 0.6) is 5.75 Å². The van der Waals surface area contributed by atoms with Gasteiger partial charge in [-0.3, -0.25) is 4.99 Å². The van der Waals surface area contributed by atoms with E-state index in [1.165, 1.54) is 17.5 Å². The number of hydrogen-bond donors (Lipinski definition) is 4. The SMILES string of the molecule is O=C(O)C(=O)O.c1cc(NC2=NCCN2)ccc1Cc1ccc(OC2CCCCO2)cc1. The Labute approximate surface area is 186 Å². The van der Waals surface area contributed by atoms with Crippen LogP contribution >= 0.6 is 0 Å². The minimum Gasteiger partial charge on any atom is -0.473 e. The van der Waals surface area contributed by atoms with Crippen molar-refractivity contribution in [2.45, 2.75) is 32.0 Å². The van der Waals surface area contributed by atoms with E-state index in [0.29, 0.717) is 0 Å². The first kappa shape index (κ1) is 23.1. The topological polar surface area (TPSA) is 129 Å². The Morgan fingerprint density at radius 3 is 2.22 bits per heavy atom. The molecular weight excluding hydrogens is 414 g/mol. The number of anilines is 1. The Morgan fingerprint density at radius 1 is 1.03 bits per heavy atom. The summed E-state index contributed by atoms with van der Waals surface area (Å²) in [5.74, 6) is -1.91. The van der Waals surface area contributed by atoms with Crippen molar-refractivity contribution >= 4 is 23.6 Å². The number of rotatable bonds is 5. The van der Waals surface area contributed by atoms with Gasteiger partial charge in [-0.25, -0.2) is 9.59 Å². The summed E-state index contributed by atoms with van der Waals surface area (Å²) in [6.07, 6.45) is 4.10. The zero-order valence-electron chi connectivity index (χ0n) is 17.6. The van der Waals surface area contributed by atoms with Gasteiger partial charge >= 0.3 is 11.9 Å². The van der Waals surface area contributed by atoms with Crippen LogP contribution in [0.1, 0.15) is 30.4 Å². The normalized spacial score (nSPS) is 17.2. The van der Waals surface area contributed by atoms with Crippen LogP contribution < -0.4 is 15.4 Å². The molecule has 1 unspecified atom stereocenters. The van der Waals surface area contributed by atoms with Crippen molar-refractivity contribution in [1.29, 1.82) is 0 Å². The zero-order chi connectivity index (χ0) is 22.8. The molecule has 2 aromatic rings. The third-order valence-corrected chi connectivity index (χ3v) is 4.81. The van der Waals surface area contributed by atoms with Crippen LogP contribution in [0, 0.1) is 0 Å². The molecule has 0 bridgehead atoms. The smallest absolute Gasteiger partial charge is 0.414 e. The van der Waals surface area contributed by atoms with Crippen molar-refractivity contribution in [3.63, 3.8) is 0 Å². The maximum absolute atomic E-state index is 9.10. The van der Waals surface area contributed by atoms with Crippen LogP contribution in [0.2, 0.25) is 0 Å². The highest BCUT2D eigenvalue weighted by atomic mass is 16.7. The molecule has 1 saturated heterocycles. The average Bonchev–Trinajstić information content (AvgIpc) is 3.31. The largest absolute Gasteiger partial charge is 0.473 e. The Bertz CT molecular complexity index is 910. The first-order valence-corrected chi connectivity index (χ1v) is 10.5. The zero-order valence-corrected chi connectivity index (χ0v) is 17.6. The van der Waals surface area contributed by atoms with Crippen LogP contribution in [0.3, 0.4) is 0 Å². The quantitative estimate of drug-likeness (QED) is 0.521. The van der Waals surface area contributed by atoms with E-state index < -0.39 is 11.9 Å². The third kappa shape index (κ3) is 7.59. The molecule has 4 N–H and O–H groups in total. The maximum atomic E-state index is 9.10. The van der Waals surface area contributed by atoms with Gasteiger partial charge in [-0.1, -0.05) is 24.3 Å². The molecule has 9 nitrogen and oxygen atoms in total. The van der Waals surface area contributed by atoms with Crippen LogP contribution in [-0.4, -0.2) is 54.1 Å². The molecule has 4 rings (SSSR count). The molecule has 2 aromatic carbocycles. The molecule has 0 spiro atoms.